The highest BCUT2D eigenvalue weighted by molar-refractivity contribution is 5.55. The van der Waals surface area contributed by atoms with Gasteiger partial charge in [0.25, 0.3) is 0 Å². The van der Waals surface area contributed by atoms with E-state index in [1.165, 1.54) is 0 Å². The second-order valence-electron chi connectivity index (χ2n) is 5.60. The molecule has 0 bridgehead atoms. The van der Waals surface area contributed by atoms with Crippen molar-refractivity contribution in [3.8, 4) is 5.75 Å². The lowest BCUT2D eigenvalue weighted by molar-refractivity contribution is 0.476. The predicted octanol–water partition coefficient (Wildman–Crippen LogP) is 4.89. The molecule has 1 aromatic carbocycles. The molecule has 0 aliphatic heterocycles. The van der Waals surface area contributed by atoms with Crippen molar-refractivity contribution in [3.63, 3.8) is 0 Å². The summed E-state index contributed by atoms with van der Waals surface area (Å²) in [6.07, 6.45) is 1.99. The Balaban J connectivity index is 2.14. The van der Waals surface area contributed by atoms with Crippen molar-refractivity contribution in [2.45, 2.75) is 26.7 Å². The number of rotatable bonds is 3. The molecule has 3 aromatic rings. The normalized spacial score (nSPS) is 11.8. The van der Waals surface area contributed by atoms with Crippen LogP contribution in [0.25, 0.3) is 5.65 Å². The SMILES string of the molecule is Cc1ccc2nc(C(C)C)c(N=Nc3ccccc3O)n2c1. The molecule has 3 rings (SSSR count). The molecule has 2 heterocycles. The molecule has 0 atom stereocenters. The molecule has 0 radical (unpaired) electrons. The summed E-state index contributed by atoms with van der Waals surface area (Å²) >= 11 is 0. The minimum Gasteiger partial charge on any atom is -0.506 e. The molecule has 0 saturated carbocycles. The van der Waals surface area contributed by atoms with Crippen molar-refractivity contribution >= 4 is 17.2 Å². The van der Waals surface area contributed by atoms with Crippen LogP contribution in [0.4, 0.5) is 11.5 Å². The second kappa shape index (κ2) is 5.60. The van der Waals surface area contributed by atoms with E-state index in [4.69, 9.17) is 0 Å². The van der Waals surface area contributed by atoms with Crippen LogP contribution in [-0.2, 0) is 0 Å². The van der Waals surface area contributed by atoms with Gasteiger partial charge in [-0.05, 0) is 36.6 Å². The topological polar surface area (TPSA) is 62.2 Å². The van der Waals surface area contributed by atoms with E-state index in [1.54, 1.807) is 18.2 Å². The Morgan fingerprint density at radius 1 is 1.09 bits per heavy atom. The van der Waals surface area contributed by atoms with Crippen molar-refractivity contribution in [1.82, 2.24) is 9.38 Å². The summed E-state index contributed by atoms with van der Waals surface area (Å²) in [6, 6.07) is 10.9. The molecule has 5 nitrogen and oxygen atoms in total. The van der Waals surface area contributed by atoms with Gasteiger partial charge in [0.1, 0.15) is 17.1 Å². The largest absolute Gasteiger partial charge is 0.506 e. The molecule has 112 valence electrons. The first-order valence-electron chi connectivity index (χ1n) is 7.24. The second-order valence-corrected chi connectivity index (χ2v) is 5.60. The van der Waals surface area contributed by atoms with Gasteiger partial charge in [0.05, 0.1) is 5.69 Å². The van der Waals surface area contributed by atoms with E-state index >= 15 is 0 Å². The van der Waals surface area contributed by atoms with Crippen LogP contribution in [0.2, 0.25) is 0 Å². The van der Waals surface area contributed by atoms with Gasteiger partial charge in [0.2, 0.25) is 0 Å². The molecular formula is C17H18N4O. The van der Waals surface area contributed by atoms with E-state index in [2.05, 4.69) is 29.1 Å². The molecule has 1 N–H and O–H groups in total. The third kappa shape index (κ3) is 2.57. The maximum Gasteiger partial charge on any atom is 0.183 e. The molecule has 0 aliphatic carbocycles. The van der Waals surface area contributed by atoms with Crippen LogP contribution in [0.3, 0.4) is 0 Å². The average Bonchev–Trinajstić information content (AvgIpc) is 2.84. The van der Waals surface area contributed by atoms with Crippen molar-refractivity contribution in [2.24, 2.45) is 10.2 Å². The average molecular weight is 294 g/mol. The molecule has 0 spiro atoms. The van der Waals surface area contributed by atoms with Gasteiger partial charge in [-0.3, -0.25) is 4.40 Å². The molecule has 5 heteroatoms. The van der Waals surface area contributed by atoms with Gasteiger partial charge >= 0.3 is 0 Å². The van der Waals surface area contributed by atoms with E-state index in [1.807, 2.05) is 35.7 Å². The van der Waals surface area contributed by atoms with Crippen LogP contribution in [0.1, 0.15) is 31.0 Å². The number of para-hydroxylation sites is 1. The van der Waals surface area contributed by atoms with Crippen LogP contribution in [-0.4, -0.2) is 14.5 Å². The van der Waals surface area contributed by atoms with E-state index in [0.717, 1.165) is 16.9 Å². The monoisotopic (exact) mass is 294 g/mol. The number of benzene rings is 1. The van der Waals surface area contributed by atoms with Gasteiger partial charge in [-0.15, -0.1) is 10.2 Å². The zero-order valence-corrected chi connectivity index (χ0v) is 12.9. The quantitative estimate of drug-likeness (QED) is 0.699. The molecule has 0 unspecified atom stereocenters. The number of aromatic nitrogens is 2. The summed E-state index contributed by atoms with van der Waals surface area (Å²) in [7, 11) is 0. The van der Waals surface area contributed by atoms with Crippen LogP contribution in [0.5, 0.6) is 5.75 Å². The van der Waals surface area contributed by atoms with Crippen LogP contribution < -0.4 is 0 Å². The lowest BCUT2D eigenvalue weighted by atomic mass is 10.1. The predicted molar refractivity (Wildman–Crippen MR) is 86.3 cm³/mol. The van der Waals surface area contributed by atoms with Gasteiger partial charge in [-0.2, -0.15) is 0 Å². The number of fused-ring (bicyclic) bond motifs is 1. The van der Waals surface area contributed by atoms with Crippen molar-refractivity contribution < 1.29 is 5.11 Å². The Morgan fingerprint density at radius 3 is 2.59 bits per heavy atom. The zero-order valence-electron chi connectivity index (χ0n) is 12.9. The lowest BCUT2D eigenvalue weighted by Crippen LogP contribution is -1.88. The lowest BCUT2D eigenvalue weighted by Gasteiger charge is -2.02. The highest BCUT2D eigenvalue weighted by Crippen LogP contribution is 2.31. The first kappa shape index (κ1) is 14.3. The fourth-order valence-corrected chi connectivity index (χ4v) is 2.29. The minimum atomic E-state index is 0.113. The summed E-state index contributed by atoms with van der Waals surface area (Å²) in [5.74, 6) is 1.05. The molecule has 2 aromatic heterocycles. The Morgan fingerprint density at radius 2 is 1.86 bits per heavy atom. The van der Waals surface area contributed by atoms with Gasteiger partial charge in [-0.25, -0.2) is 4.98 Å². The van der Waals surface area contributed by atoms with Gasteiger partial charge < -0.3 is 5.11 Å². The first-order valence-corrected chi connectivity index (χ1v) is 7.24. The third-order valence-electron chi connectivity index (χ3n) is 3.45. The number of hydrogen-bond acceptors (Lipinski definition) is 4. The molecular weight excluding hydrogens is 276 g/mol. The summed E-state index contributed by atoms with van der Waals surface area (Å²) in [4.78, 5) is 4.63. The van der Waals surface area contributed by atoms with Crippen LogP contribution in [0, 0.1) is 6.92 Å². The van der Waals surface area contributed by atoms with Crippen molar-refractivity contribution in [1.29, 1.82) is 0 Å². The highest BCUT2D eigenvalue weighted by atomic mass is 16.3. The number of aromatic hydroxyl groups is 1. The maximum absolute atomic E-state index is 9.80. The van der Waals surface area contributed by atoms with E-state index in [0.29, 0.717) is 11.5 Å². The number of hydrogen-bond donors (Lipinski definition) is 1. The summed E-state index contributed by atoms with van der Waals surface area (Å²) < 4.78 is 1.94. The zero-order chi connectivity index (χ0) is 15.7. The van der Waals surface area contributed by atoms with Crippen LogP contribution >= 0.6 is 0 Å². The van der Waals surface area contributed by atoms with Gasteiger partial charge in [-0.1, -0.05) is 32.0 Å². The number of pyridine rings is 1. The number of nitrogens with zero attached hydrogens (tertiary/aromatic N) is 4. The van der Waals surface area contributed by atoms with E-state index in [-0.39, 0.29) is 11.7 Å². The number of imidazole rings is 1. The standard InChI is InChI=1S/C17H18N4O/c1-11(2)16-17(20-19-13-6-4-5-7-14(13)22)21-10-12(3)8-9-15(21)18-16/h4-11,22H,1-3H3. The maximum atomic E-state index is 9.80. The number of aryl methyl sites for hydroxylation is 1. The Kier molecular flexibility index (Phi) is 3.63. The Bertz CT molecular complexity index is 849. The van der Waals surface area contributed by atoms with E-state index in [9.17, 15) is 5.11 Å². The van der Waals surface area contributed by atoms with Gasteiger partial charge in [0.15, 0.2) is 5.82 Å². The van der Waals surface area contributed by atoms with Crippen molar-refractivity contribution in [3.05, 3.63) is 53.9 Å². The molecule has 0 saturated heterocycles. The Hall–Kier alpha value is -2.69. The molecule has 0 amide bonds. The highest BCUT2D eigenvalue weighted by Gasteiger charge is 2.15. The summed E-state index contributed by atoms with van der Waals surface area (Å²) in [5, 5.41) is 18.3. The number of phenolic OH excluding ortho intramolecular Hbond substituents is 1. The minimum absolute atomic E-state index is 0.113. The van der Waals surface area contributed by atoms with Crippen molar-refractivity contribution in [2.75, 3.05) is 0 Å². The Labute approximate surface area is 129 Å². The number of phenols is 1. The summed E-state index contributed by atoms with van der Waals surface area (Å²) in [5.41, 5.74) is 3.31. The van der Waals surface area contributed by atoms with E-state index < -0.39 is 0 Å². The third-order valence-corrected chi connectivity index (χ3v) is 3.45. The molecule has 22 heavy (non-hydrogen) atoms. The smallest absolute Gasteiger partial charge is 0.183 e. The van der Waals surface area contributed by atoms with Crippen LogP contribution in [0.15, 0.2) is 52.8 Å². The first-order chi connectivity index (χ1) is 10.6. The molecule has 0 fully saturated rings. The summed E-state index contributed by atoms with van der Waals surface area (Å²) in [6.45, 7) is 6.18. The number of azo groups is 1. The van der Waals surface area contributed by atoms with Gasteiger partial charge in [0, 0.05) is 6.20 Å². The fraction of sp³-hybridized carbons (Fsp3) is 0.235. The molecule has 0 aliphatic rings. The fourth-order valence-electron chi connectivity index (χ4n) is 2.29.